The first-order valence-corrected chi connectivity index (χ1v) is 13.2. The van der Waals surface area contributed by atoms with Crippen LogP contribution < -0.4 is 4.74 Å². The highest BCUT2D eigenvalue weighted by molar-refractivity contribution is 5.91. The normalized spacial score (nSPS) is 21.5. The molecule has 0 bridgehead atoms. The van der Waals surface area contributed by atoms with E-state index in [-0.39, 0.29) is 13.2 Å². The van der Waals surface area contributed by atoms with Crippen molar-refractivity contribution in [3.63, 3.8) is 0 Å². The van der Waals surface area contributed by atoms with E-state index in [1.807, 2.05) is 19.1 Å². The molecular formula is C30H34O12. The van der Waals surface area contributed by atoms with Gasteiger partial charge >= 0.3 is 29.8 Å². The Kier molecular flexibility index (Phi) is 11.6. The quantitative estimate of drug-likeness (QED) is 0.216. The van der Waals surface area contributed by atoms with E-state index in [1.165, 1.54) is 6.92 Å². The molecule has 1 saturated heterocycles. The molecule has 0 unspecified atom stereocenters. The Morgan fingerprint density at radius 2 is 1.29 bits per heavy atom. The molecule has 12 heteroatoms. The van der Waals surface area contributed by atoms with E-state index in [1.54, 1.807) is 36.4 Å². The molecule has 0 amide bonds. The lowest BCUT2D eigenvalue weighted by Crippen LogP contribution is -2.63. The second kappa shape index (κ2) is 15.1. The predicted molar refractivity (Wildman–Crippen MR) is 144 cm³/mol. The van der Waals surface area contributed by atoms with Crippen molar-refractivity contribution in [1.82, 2.24) is 0 Å². The molecule has 1 aliphatic heterocycles. The van der Waals surface area contributed by atoms with Gasteiger partial charge in [-0.05, 0) is 43.2 Å². The molecule has 0 spiro atoms. The number of ether oxygens (including phenoxy) is 7. The number of hydrogen-bond donors (Lipinski definition) is 0. The van der Waals surface area contributed by atoms with Crippen molar-refractivity contribution in [2.24, 2.45) is 0 Å². The standard InChI is InChI=1S/C30H34O12/c1-17-6-10-23(11-7-17)29(35)41-24-12-8-22(9-13-24)14-15-36-30-28(40-21(5)34)27(39-20(4)33)26(38-19(3)32)25(42-30)16-37-18(2)31/h6-13,25-28,30H,14-16H2,1-5H3/t25-,26-,27+,28-,30-/m1/s1. The summed E-state index contributed by atoms with van der Waals surface area (Å²) < 4.78 is 38.4. The summed E-state index contributed by atoms with van der Waals surface area (Å²) in [7, 11) is 0. The minimum atomic E-state index is -1.31. The summed E-state index contributed by atoms with van der Waals surface area (Å²) in [5.41, 5.74) is 2.29. The van der Waals surface area contributed by atoms with Gasteiger partial charge in [0.05, 0.1) is 12.2 Å². The first-order chi connectivity index (χ1) is 19.9. The van der Waals surface area contributed by atoms with Crippen molar-refractivity contribution in [3.05, 3.63) is 65.2 Å². The van der Waals surface area contributed by atoms with E-state index in [4.69, 9.17) is 33.2 Å². The average Bonchev–Trinajstić information content (AvgIpc) is 2.91. The molecule has 0 radical (unpaired) electrons. The molecule has 0 saturated carbocycles. The Bertz CT molecular complexity index is 1250. The van der Waals surface area contributed by atoms with Gasteiger partial charge in [0.2, 0.25) is 0 Å². The molecule has 12 nitrogen and oxygen atoms in total. The first kappa shape index (κ1) is 32.2. The number of esters is 5. The number of rotatable bonds is 11. The number of benzene rings is 2. The second-order valence-corrected chi connectivity index (χ2v) is 9.59. The molecule has 2 aromatic rings. The third-order valence-corrected chi connectivity index (χ3v) is 6.04. The van der Waals surface area contributed by atoms with E-state index in [9.17, 15) is 24.0 Å². The molecule has 0 aromatic heterocycles. The molecule has 0 aliphatic carbocycles. The van der Waals surface area contributed by atoms with Gasteiger partial charge in [0.15, 0.2) is 24.6 Å². The largest absolute Gasteiger partial charge is 0.463 e. The molecule has 2 aromatic carbocycles. The van der Waals surface area contributed by atoms with Gasteiger partial charge in [0.25, 0.3) is 0 Å². The zero-order valence-electron chi connectivity index (χ0n) is 24.0. The van der Waals surface area contributed by atoms with Gasteiger partial charge < -0.3 is 33.2 Å². The molecule has 5 atom stereocenters. The lowest BCUT2D eigenvalue weighted by molar-refractivity contribution is -0.307. The van der Waals surface area contributed by atoms with Crippen molar-refractivity contribution < 1.29 is 57.1 Å². The van der Waals surface area contributed by atoms with Crippen LogP contribution >= 0.6 is 0 Å². The number of aryl methyl sites for hydroxylation is 1. The van der Waals surface area contributed by atoms with E-state index < -0.39 is 60.6 Å². The van der Waals surface area contributed by atoms with Gasteiger partial charge in [-0.1, -0.05) is 29.8 Å². The summed E-state index contributed by atoms with van der Waals surface area (Å²) in [6, 6.07) is 13.8. The maximum atomic E-state index is 12.4. The molecule has 226 valence electrons. The Morgan fingerprint density at radius 1 is 0.714 bits per heavy atom. The van der Waals surface area contributed by atoms with E-state index >= 15 is 0 Å². The fraction of sp³-hybridized carbons (Fsp3) is 0.433. The van der Waals surface area contributed by atoms with Crippen molar-refractivity contribution in [2.45, 2.75) is 71.7 Å². The van der Waals surface area contributed by atoms with Gasteiger partial charge in [-0.15, -0.1) is 0 Å². The van der Waals surface area contributed by atoms with Gasteiger partial charge in [0, 0.05) is 27.7 Å². The highest BCUT2D eigenvalue weighted by atomic mass is 16.7. The lowest BCUT2D eigenvalue weighted by Gasteiger charge is -2.44. The van der Waals surface area contributed by atoms with Crippen LogP contribution in [0.1, 0.15) is 49.2 Å². The van der Waals surface area contributed by atoms with Crippen LogP contribution in [0.15, 0.2) is 48.5 Å². The summed E-state index contributed by atoms with van der Waals surface area (Å²) in [6.45, 7) is 6.28. The smallest absolute Gasteiger partial charge is 0.343 e. The highest BCUT2D eigenvalue weighted by Gasteiger charge is 2.52. The Hall–Kier alpha value is -4.29. The van der Waals surface area contributed by atoms with Crippen LogP contribution in [0.25, 0.3) is 0 Å². The van der Waals surface area contributed by atoms with Crippen molar-refractivity contribution in [3.8, 4) is 5.75 Å². The Morgan fingerprint density at radius 3 is 1.86 bits per heavy atom. The summed E-state index contributed by atoms with van der Waals surface area (Å²) in [5, 5.41) is 0. The minimum absolute atomic E-state index is 0.0657. The fourth-order valence-corrected chi connectivity index (χ4v) is 4.20. The highest BCUT2D eigenvalue weighted by Crippen LogP contribution is 2.30. The molecule has 42 heavy (non-hydrogen) atoms. The first-order valence-electron chi connectivity index (χ1n) is 13.2. The lowest BCUT2D eigenvalue weighted by atomic mass is 9.98. The monoisotopic (exact) mass is 586 g/mol. The third-order valence-electron chi connectivity index (χ3n) is 6.04. The van der Waals surface area contributed by atoms with Crippen LogP contribution in [-0.2, 0) is 54.0 Å². The Labute approximate surface area is 243 Å². The van der Waals surface area contributed by atoms with Crippen LogP contribution in [-0.4, -0.2) is 73.8 Å². The zero-order chi connectivity index (χ0) is 30.8. The fourth-order valence-electron chi connectivity index (χ4n) is 4.20. The summed E-state index contributed by atoms with van der Waals surface area (Å²) >= 11 is 0. The SMILES string of the molecule is CC(=O)OC[C@H]1O[C@@H](OCCc2ccc(OC(=O)c3ccc(C)cc3)cc2)[C@H](OC(C)=O)[C@@H](OC(C)=O)[C@@H]1OC(C)=O. The molecule has 3 rings (SSSR count). The van der Waals surface area contributed by atoms with Crippen LogP contribution in [0, 0.1) is 6.92 Å². The zero-order valence-corrected chi connectivity index (χ0v) is 24.0. The molecule has 0 N–H and O–H groups in total. The van der Waals surface area contributed by atoms with Crippen molar-refractivity contribution in [1.29, 1.82) is 0 Å². The van der Waals surface area contributed by atoms with Crippen molar-refractivity contribution >= 4 is 29.8 Å². The molecular weight excluding hydrogens is 552 g/mol. The number of carbonyl (C=O) groups excluding carboxylic acids is 5. The van der Waals surface area contributed by atoms with Crippen LogP contribution in [0.3, 0.4) is 0 Å². The van der Waals surface area contributed by atoms with Crippen molar-refractivity contribution in [2.75, 3.05) is 13.2 Å². The maximum Gasteiger partial charge on any atom is 0.343 e. The van der Waals surface area contributed by atoms with Crippen LogP contribution in [0.2, 0.25) is 0 Å². The molecule has 1 aliphatic rings. The Balaban J connectivity index is 1.70. The molecule has 1 heterocycles. The maximum absolute atomic E-state index is 12.4. The van der Waals surface area contributed by atoms with Gasteiger partial charge in [-0.2, -0.15) is 0 Å². The molecule has 1 fully saturated rings. The summed E-state index contributed by atoms with van der Waals surface area (Å²) in [6.07, 6.45) is -5.85. The number of hydrogen-bond acceptors (Lipinski definition) is 12. The van der Waals surface area contributed by atoms with Gasteiger partial charge in [-0.25, -0.2) is 4.79 Å². The van der Waals surface area contributed by atoms with Gasteiger partial charge in [-0.3, -0.25) is 19.2 Å². The van der Waals surface area contributed by atoms with E-state index in [2.05, 4.69) is 0 Å². The summed E-state index contributed by atoms with van der Waals surface area (Å²) in [5.74, 6) is -2.90. The number of carbonyl (C=O) groups is 5. The van der Waals surface area contributed by atoms with Crippen LogP contribution in [0.5, 0.6) is 5.75 Å². The topological polar surface area (TPSA) is 150 Å². The average molecular weight is 587 g/mol. The predicted octanol–water partition coefficient (Wildman–Crippen LogP) is 2.86. The van der Waals surface area contributed by atoms with Gasteiger partial charge in [0.1, 0.15) is 18.5 Å². The summed E-state index contributed by atoms with van der Waals surface area (Å²) in [4.78, 5) is 59.6. The minimum Gasteiger partial charge on any atom is -0.463 e. The van der Waals surface area contributed by atoms with E-state index in [0.717, 1.165) is 31.9 Å². The third kappa shape index (κ3) is 9.67. The van der Waals surface area contributed by atoms with Crippen LogP contribution in [0.4, 0.5) is 0 Å². The second-order valence-electron chi connectivity index (χ2n) is 9.59. The van der Waals surface area contributed by atoms with E-state index in [0.29, 0.717) is 17.7 Å².